The molecule has 1 atom stereocenters. The Morgan fingerprint density at radius 3 is 2.92 bits per heavy atom. The molecule has 0 spiro atoms. The Labute approximate surface area is 145 Å². The van der Waals surface area contributed by atoms with Crippen LogP contribution in [0.15, 0.2) is 18.2 Å². The molecule has 24 heavy (non-hydrogen) atoms. The van der Waals surface area contributed by atoms with E-state index in [1.54, 1.807) is 20.3 Å². The summed E-state index contributed by atoms with van der Waals surface area (Å²) in [7, 11) is 3.16. The van der Waals surface area contributed by atoms with Crippen LogP contribution in [-0.2, 0) is 24.1 Å². The van der Waals surface area contributed by atoms with E-state index in [0.717, 1.165) is 30.5 Å². The van der Waals surface area contributed by atoms with E-state index >= 15 is 0 Å². The number of benzene rings is 1. The number of ether oxygens (including phenoxy) is 2. The molecule has 0 fully saturated rings. The summed E-state index contributed by atoms with van der Waals surface area (Å²) < 4.78 is 10.5. The van der Waals surface area contributed by atoms with E-state index in [1.807, 2.05) is 12.1 Å². The number of rotatable bonds is 5. The Bertz CT molecular complexity index is 745. The number of aryl methyl sites for hydroxylation is 1. The molecule has 0 aliphatic heterocycles. The summed E-state index contributed by atoms with van der Waals surface area (Å²) in [6, 6.07) is 5.66. The molecule has 1 aromatic carbocycles. The van der Waals surface area contributed by atoms with Gasteiger partial charge in [-0.2, -0.15) is 0 Å². The van der Waals surface area contributed by atoms with Gasteiger partial charge < -0.3 is 20.5 Å². The summed E-state index contributed by atoms with van der Waals surface area (Å²) in [5, 5.41) is 3.54. The van der Waals surface area contributed by atoms with Crippen molar-refractivity contribution in [3.8, 4) is 11.5 Å². The fourth-order valence-corrected chi connectivity index (χ4v) is 3.91. The van der Waals surface area contributed by atoms with Crippen LogP contribution in [0, 0.1) is 0 Å². The van der Waals surface area contributed by atoms with E-state index in [-0.39, 0.29) is 18.4 Å². The SMILES string of the molecule is COc1ccc(CC(=O)Nc2nc3c(s2)C[C@@H](N)CC3)cc1OC. The molecule has 1 aromatic heterocycles. The van der Waals surface area contributed by atoms with E-state index in [0.29, 0.717) is 16.6 Å². The molecule has 6 nitrogen and oxygen atoms in total. The average molecular weight is 347 g/mol. The Balaban J connectivity index is 1.66. The third kappa shape index (κ3) is 3.68. The second-order valence-corrected chi connectivity index (χ2v) is 6.89. The van der Waals surface area contributed by atoms with Gasteiger partial charge >= 0.3 is 0 Å². The van der Waals surface area contributed by atoms with Gasteiger partial charge in [0.05, 0.1) is 26.3 Å². The lowest BCUT2D eigenvalue weighted by Crippen LogP contribution is -2.27. The highest BCUT2D eigenvalue weighted by Gasteiger charge is 2.20. The van der Waals surface area contributed by atoms with Gasteiger partial charge in [-0.1, -0.05) is 6.07 Å². The van der Waals surface area contributed by atoms with Crippen LogP contribution in [0.1, 0.15) is 22.6 Å². The molecule has 3 N–H and O–H groups in total. The predicted molar refractivity (Wildman–Crippen MR) is 94.0 cm³/mol. The molecule has 1 aliphatic rings. The van der Waals surface area contributed by atoms with E-state index in [4.69, 9.17) is 15.2 Å². The van der Waals surface area contributed by atoms with Crippen molar-refractivity contribution in [3.05, 3.63) is 34.3 Å². The Morgan fingerprint density at radius 2 is 2.17 bits per heavy atom. The van der Waals surface area contributed by atoms with Crippen molar-refractivity contribution in [2.75, 3.05) is 19.5 Å². The van der Waals surface area contributed by atoms with Crippen molar-refractivity contribution in [2.45, 2.75) is 31.7 Å². The van der Waals surface area contributed by atoms with Crippen molar-refractivity contribution in [1.82, 2.24) is 4.98 Å². The standard InChI is InChI=1S/C17H21N3O3S/c1-22-13-6-3-10(7-14(13)23-2)8-16(21)20-17-19-12-5-4-11(18)9-15(12)24-17/h3,6-7,11H,4-5,8-9,18H2,1-2H3,(H,19,20,21)/t11-/m0/s1. The number of methoxy groups -OCH3 is 2. The zero-order valence-electron chi connectivity index (χ0n) is 13.8. The van der Waals surface area contributed by atoms with E-state index < -0.39 is 0 Å². The maximum atomic E-state index is 12.3. The van der Waals surface area contributed by atoms with Gasteiger partial charge in [-0.25, -0.2) is 4.98 Å². The highest BCUT2D eigenvalue weighted by Crippen LogP contribution is 2.30. The largest absolute Gasteiger partial charge is 0.493 e. The lowest BCUT2D eigenvalue weighted by molar-refractivity contribution is -0.115. The van der Waals surface area contributed by atoms with Crippen molar-refractivity contribution in [2.24, 2.45) is 5.73 Å². The molecule has 3 rings (SSSR count). The zero-order valence-corrected chi connectivity index (χ0v) is 14.6. The number of hydrogen-bond donors (Lipinski definition) is 2. The number of fused-ring (bicyclic) bond motifs is 1. The van der Waals surface area contributed by atoms with Crippen molar-refractivity contribution in [3.63, 3.8) is 0 Å². The smallest absolute Gasteiger partial charge is 0.230 e. The molecule has 0 saturated heterocycles. The van der Waals surface area contributed by atoms with Crippen LogP contribution in [0.25, 0.3) is 0 Å². The van der Waals surface area contributed by atoms with E-state index in [1.165, 1.54) is 16.2 Å². The van der Waals surface area contributed by atoms with Gasteiger partial charge in [-0.15, -0.1) is 11.3 Å². The molecule has 0 unspecified atom stereocenters. The second-order valence-electron chi connectivity index (χ2n) is 5.81. The molecule has 7 heteroatoms. The fraction of sp³-hybridized carbons (Fsp3) is 0.412. The van der Waals surface area contributed by atoms with Gasteiger partial charge in [0.2, 0.25) is 5.91 Å². The van der Waals surface area contributed by atoms with Crippen LogP contribution in [0.3, 0.4) is 0 Å². The number of carbonyl (C=O) groups is 1. The summed E-state index contributed by atoms with van der Waals surface area (Å²) in [5.41, 5.74) is 7.91. The number of thiazole rings is 1. The highest BCUT2D eigenvalue weighted by molar-refractivity contribution is 7.15. The minimum absolute atomic E-state index is 0.0994. The molecular weight excluding hydrogens is 326 g/mol. The number of anilines is 1. The third-order valence-electron chi connectivity index (χ3n) is 4.04. The maximum absolute atomic E-state index is 12.3. The minimum Gasteiger partial charge on any atom is -0.493 e. The number of nitrogens with one attached hydrogen (secondary N) is 1. The normalized spacial score (nSPS) is 16.4. The van der Waals surface area contributed by atoms with Crippen LogP contribution in [0.5, 0.6) is 11.5 Å². The molecule has 0 saturated carbocycles. The third-order valence-corrected chi connectivity index (χ3v) is 5.07. The van der Waals surface area contributed by atoms with Crippen LogP contribution < -0.4 is 20.5 Å². The van der Waals surface area contributed by atoms with Crippen LogP contribution in [0.4, 0.5) is 5.13 Å². The van der Waals surface area contributed by atoms with Crippen molar-refractivity contribution < 1.29 is 14.3 Å². The molecular formula is C17H21N3O3S. The topological polar surface area (TPSA) is 86.5 Å². The first-order valence-corrected chi connectivity index (χ1v) is 8.65. The molecule has 0 radical (unpaired) electrons. The van der Waals surface area contributed by atoms with Crippen LogP contribution in [-0.4, -0.2) is 31.2 Å². The highest BCUT2D eigenvalue weighted by atomic mass is 32.1. The summed E-state index contributed by atoms with van der Waals surface area (Å²) in [6.07, 6.45) is 2.94. The molecule has 0 bridgehead atoms. The first-order chi connectivity index (χ1) is 11.6. The monoisotopic (exact) mass is 347 g/mol. The van der Waals surface area contributed by atoms with Crippen LogP contribution in [0.2, 0.25) is 0 Å². The average Bonchev–Trinajstić information content (AvgIpc) is 2.95. The van der Waals surface area contributed by atoms with Gasteiger partial charge in [0.15, 0.2) is 16.6 Å². The Kier molecular flexibility index (Phi) is 5.01. The maximum Gasteiger partial charge on any atom is 0.230 e. The van der Waals surface area contributed by atoms with Crippen molar-refractivity contribution in [1.29, 1.82) is 0 Å². The predicted octanol–water partition coefficient (Wildman–Crippen LogP) is 2.16. The number of nitrogens with zero attached hydrogens (tertiary/aromatic N) is 1. The summed E-state index contributed by atoms with van der Waals surface area (Å²) in [5.74, 6) is 1.16. The first kappa shape index (κ1) is 16.7. The summed E-state index contributed by atoms with van der Waals surface area (Å²) in [4.78, 5) is 18.0. The Hall–Kier alpha value is -2.12. The second kappa shape index (κ2) is 7.19. The number of carbonyl (C=O) groups excluding carboxylic acids is 1. The fourth-order valence-electron chi connectivity index (χ4n) is 2.79. The number of hydrogen-bond acceptors (Lipinski definition) is 6. The summed E-state index contributed by atoms with van der Waals surface area (Å²) in [6.45, 7) is 0. The zero-order chi connectivity index (χ0) is 17.1. The molecule has 2 aromatic rings. The molecule has 128 valence electrons. The Morgan fingerprint density at radius 1 is 1.38 bits per heavy atom. The molecule has 1 aliphatic carbocycles. The lowest BCUT2D eigenvalue weighted by Gasteiger charge is -2.15. The van der Waals surface area contributed by atoms with Gasteiger partial charge in [-0.3, -0.25) is 4.79 Å². The van der Waals surface area contributed by atoms with E-state index in [2.05, 4.69) is 10.3 Å². The number of nitrogens with two attached hydrogens (primary N) is 1. The van der Waals surface area contributed by atoms with E-state index in [9.17, 15) is 4.79 Å². The lowest BCUT2D eigenvalue weighted by atomic mass is 9.99. The first-order valence-electron chi connectivity index (χ1n) is 7.84. The summed E-state index contributed by atoms with van der Waals surface area (Å²) >= 11 is 1.52. The van der Waals surface area contributed by atoms with Gasteiger partial charge in [0, 0.05) is 10.9 Å². The molecule has 1 amide bonds. The van der Waals surface area contributed by atoms with Crippen molar-refractivity contribution >= 4 is 22.4 Å². The number of aromatic nitrogens is 1. The van der Waals surface area contributed by atoms with Gasteiger partial charge in [0.1, 0.15) is 0 Å². The van der Waals surface area contributed by atoms with Gasteiger partial charge in [0.25, 0.3) is 0 Å². The van der Waals surface area contributed by atoms with Gasteiger partial charge in [-0.05, 0) is 37.0 Å². The quantitative estimate of drug-likeness (QED) is 0.865. The molecule has 1 heterocycles. The van der Waals surface area contributed by atoms with Crippen LogP contribution >= 0.6 is 11.3 Å². The minimum atomic E-state index is -0.0994. The number of amides is 1.